The molecule has 2 rings (SSSR count). The minimum Gasteiger partial charge on any atom is -0.465 e. The quantitative estimate of drug-likeness (QED) is 0.522. The molecule has 0 saturated carbocycles. The molecule has 6 heteroatoms. The van der Waals surface area contributed by atoms with Gasteiger partial charge < -0.3 is 9.47 Å². The van der Waals surface area contributed by atoms with Crippen LogP contribution in [-0.4, -0.2) is 36.3 Å². The fourth-order valence-electron chi connectivity index (χ4n) is 2.21. The number of carbonyl (C=O) groups is 3. The Morgan fingerprint density at radius 3 is 2.38 bits per heavy atom. The second kappa shape index (κ2) is 9.77. The molecule has 0 saturated heterocycles. The SMILES string of the molecule is COC(=O)c1ccc(C)c(COC(=O)CSCC(=O)c2ccccc2)c1. The van der Waals surface area contributed by atoms with Gasteiger partial charge in [-0.1, -0.05) is 36.4 Å². The van der Waals surface area contributed by atoms with Gasteiger partial charge in [0, 0.05) is 5.56 Å². The van der Waals surface area contributed by atoms with E-state index in [4.69, 9.17) is 4.74 Å². The molecular weight excluding hydrogens is 352 g/mol. The number of hydrogen-bond acceptors (Lipinski definition) is 6. The maximum atomic E-state index is 12.0. The van der Waals surface area contributed by atoms with Crippen molar-refractivity contribution in [1.29, 1.82) is 0 Å². The van der Waals surface area contributed by atoms with Gasteiger partial charge in [-0.05, 0) is 30.2 Å². The first-order valence-electron chi connectivity index (χ1n) is 8.00. The lowest BCUT2D eigenvalue weighted by molar-refractivity contribution is -0.141. The third kappa shape index (κ3) is 5.74. The van der Waals surface area contributed by atoms with Gasteiger partial charge in [0.05, 0.1) is 24.2 Å². The Morgan fingerprint density at radius 2 is 1.69 bits per heavy atom. The fourth-order valence-corrected chi connectivity index (χ4v) is 2.91. The summed E-state index contributed by atoms with van der Waals surface area (Å²) in [4.78, 5) is 35.4. The molecule has 2 aromatic rings. The van der Waals surface area contributed by atoms with Gasteiger partial charge in [-0.15, -0.1) is 11.8 Å². The molecule has 5 nitrogen and oxygen atoms in total. The summed E-state index contributed by atoms with van der Waals surface area (Å²) in [6.45, 7) is 1.94. The molecule has 0 bridgehead atoms. The Kier molecular flexibility index (Phi) is 7.41. The van der Waals surface area contributed by atoms with Crippen LogP contribution in [0.4, 0.5) is 0 Å². The standard InChI is InChI=1S/C20H20O5S/c1-14-8-9-16(20(23)24-2)10-17(14)11-25-19(22)13-26-12-18(21)15-6-4-3-5-7-15/h3-10H,11-13H2,1-2H3. The van der Waals surface area contributed by atoms with Crippen molar-refractivity contribution in [2.75, 3.05) is 18.6 Å². The van der Waals surface area contributed by atoms with E-state index in [0.29, 0.717) is 11.1 Å². The van der Waals surface area contributed by atoms with Crippen LogP contribution in [0, 0.1) is 6.92 Å². The van der Waals surface area contributed by atoms with Crippen LogP contribution in [0.3, 0.4) is 0 Å². The van der Waals surface area contributed by atoms with Crippen LogP contribution < -0.4 is 0 Å². The van der Waals surface area contributed by atoms with E-state index >= 15 is 0 Å². The third-order valence-electron chi connectivity index (χ3n) is 3.71. The smallest absolute Gasteiger partial charge is 0.337 e. The van der Waals surface area contributed by atoms with Gasteiger partial charge in [-0.2, -0.15) is 0 Å². The maximum absolute atomic E-state index is 12.0. The number of ether oxygens (including phenoxy) is 2. The molecule has 0 spiro atoms. The highest BCUT2D eigenvalue weighted by atomic mass is 32.2. The number of hydrogen-bond donors (Lipinski definition) is 0. The molecule has 0 aliphatic rings. The van der Waals surface area contributed by atoms with E-state index in [1.54, 1.807) is 42.5 Å². The zero-order valence-electron chi connectivity index (χ0n) is 14.7. The lowest BCUT2D eigenvalue weighted by Crippen LogP contribution is -2.11. The molecule has 0 fully saturated rings. The van der Waals surface area contributed by atoms with Gasteiger partial charge in [0.25, 0.3) is 0 Å². The molecule has 0 unspecified atom stereocenters. The van der Waals surface area contributed by atoms with Gasteiger partial charge in [0.1, 0.15) is 6.61 Å². The summed E-state index contributed by atoms with van der Waals surface area (Å²) in [6.07, 6.45) is 0. The predicted molar refractivity (Wildman–Crippen MR) is 100 cm³/mol. The Bertz CT molecular complexity index is 786. The van der Waals surface area contributed by atoms with E-state index in [1.807, 2.05) is 13.0 Å². The molecule has 0 N–H and O–H groups in total. The van der Waals surface area contributed by atoms with Crippen LogP contribution in [-0.2, 0) is 20.9 Å². The molecule has 0 amide bonds. The number of thioether (sulfide) groups is 1. The molecule has 0 aromatic heterocycles. The first-order chi connectivity index (χ1) is 12.5. The summed E-state index contributed by atoms with van der Waals surface area (Å²) in [6, 6.07) is 14.0. The minimum absolute atomic E-state index is 0.0231. The van der Waals surface area contributed by atoms with Crippen molar-refractivity contribution in [1.82, 2.24) is 0 Å². The number of ketones is 1. The van der Waals surface area contributed by atoms with Crippen molar-refractivity contribution in [3.63, 3.8) is 0 Å². The van der Waals surface area contributed by atoms with E-state index in [1.165, 1.54) is 18.9 Å². The monoisotopic (exact) mass is 372 g/mol. The lowest BCUT2D eigenvalue weighted by Gasteiger charge is -2.09. The van der Waals surface area contributed by atoms with Gasteiger partial charge in [0.15, 0.2) is 5.78 Å². The summed E-state index contributed by atoms with van der Waals surface area (Å²) in [5, 5.41) is 0. The summed E-state index contributed by atoms with van der Waals surface area (Å²) in [5.74, 6) is -0.555. The van der Waals surface area contributed by atoms with Crippen molar-refractivity contribution in [2.45, 2.75) is 13.5 Å². The van der Waals surface area contributed by atoms with Crippen molar-refractivity contribution < 1.29 is 23.9 Å². The van der Waals surface area contributed by atoms with Crippen molar-refractivity contribution in [3.05, 3.63) is 70.8 Å². The average Bonchev–Trinajstić information content (AvgIpc) is 2.67. The molecule has 0 radical (unpaired) electrons. The Balaban J connectivity index is 1.80. The molecule has 0 aliphatic heterocycles. The Labute approximate surface area is 156 Å². The fraction of sp³-hybridized carbons (Fsp3) is 0.250. The molecule has 0 heterocycles. The Morgan fingerprint density at radius 1 is 0.962 bits per heavy atom. The molecule has 136 valence electrons. The van der Waals surface area contributed by atoms with E-state index < -0.39 is 11.9 Å². The van der Waals surface area contributed by atoms with Crippen molar-refractivity contribution in [3.8, 4) is 0 Å². The van der Waals surface area contributed by atoms with Gasteiger partial charge in [-0.3, -0.25) is 9.59 Å². The predicted octanol–water partition coefficient (Wildman–Crippen LogP) is 3.44. The zero-order valence-corrected chi connectivity index (χ0v) is 15.5. The van der Waals surface area contributed by atoms with E-state index in [9.17, 15) is 14.4 Å². The Hall–Kier alpha value is -2.60. The summed E-state index contributed by atoms with van der Waals surface area (Å²) < 4.78 is 9.93. The van der Waals surface area contributed by atoms with Gasteiger partial charge in [-0.25, -0.2) is 4.79 Å². The van der Waals surface area contributed by atoms with Gasteiger partial charge in [0.2, 0.25) is 0 Å². The molecule has 0 atom stereocenters. The lowest BCUT2D eigenvalue weighted by atomic mass is 10.1. The topological polar surface area (TPSA) is 69.7 Å². The second-order valence-corrected chi connectivity index (χ2v) is 6.56. The minimum atomic E-state index is -0.437. The molecular formula is C20H20O5S. The number of benzene rings is 2. The number of Topliss-reactive ketones (excluding diaryl/α,β-unsaturated/α-hetero) is 1. The first-order valence-corrected chi connectivity index (χ1v) is 9.16. The second-order valence-electron chi connectivity index (χ2n) is 5.58. The van der Waals surface area contributed by atoms with E-state index in [0.717, 1.165) is 11.1 Å². The number of methoxy groups -OCH3 is 1. The number of rotatable bonds is 8. The summed E-state index contributed by atoms with van der Waals surface area (Å²) in [5.41, 5.74) is 2.69. The number of esters is 2. The van der Waals surface area contributed by atoms with Crippen LogP contribution in [0.25, 0.3) is 0 Å². The normalized spacial score (nSPS) is 10.2. The van der Waals surface area contributed by atoms with Crippen molar-refractivity contribution in [2.24, 2.45) is 0 Å². The third-order valence-corrected chi connectivity index (χ3v) is 4.61. The zero-order chi connectivity index (χ0) is 18.9. The molecule has 26 heavy (non-hydrogen) atoms. The van der Waals surface area contributed by atoms with Crippen molar-refractivity contribution >= 4 is 29.5 Å². The summed E-state index contributed by atoms with van der Waals surface area (Å²) in [7, 11) is 1.32. The first kappa shape index (κ1) is 19.7. The van der Waals surface area contributed by atoms with Crippen LogP contribution in [0.1, 0.15) is 31.8 Å². The highest BCUT2D eigenvalue weighted by Gasteiger charge is 2.11. The number of carbonyl (C=O) groups excluding carboxylic acids is 3. The average molecular weight is 372 g/mol. The highest BCUT2D eigenvalue weighted by molar-refractivity contribution is 8.00. The number of aryl methyl sites for hydroxylation is 1. The summed E-state index contributed by atoms with van der Waals surface area (Å²) >= 11 is 1.22. The molecule has 0 aliphatic carbocycles. The van der Waals surface area contributed by atoms with Crippen LogP contribution in [0.5, 0.6) is 0 Å². The molecule has 2 aromatic carbocycles. The largest absolute Gasteiger partial charge is 0.465 e. The maximum Gasteiger partial charge on any atom is 0.337 e. The van der Waals surface area contributed by atoms with E-state index in [2.05, 4.69) is 4.74 Å². The van der Waals surface area contributed by atoms with Crippen LogP contribution in [0.15, 0.2) is 48.5 Å². The highest BCUT2D eigenvalue weighted by Crippen LogP contribution is 2.14. The van der Waals surface area contributed by atoms with Crippen LogP contribution >= 0.6 is 11.8 Å². The van der Waals surface area contributed by atoms with E-state index in [-0.39, 0.29) is 23.9 Å². The van der Waals surface area contributed by atoms with Crippen LogP contribution in [0.2, 0.25) is 0 Å². The van der Waals surface area contributed by atoms with Gasteiger partial charge >= 0.3 is 11.9 Å².